The summed E-state index contributed by atoms with van der Waals surface area (Å²) >= 11 is 0. The Bertz CT molecular complexity index is 865. The number of esters is 1. The zero-order valence-corrected chi connectivity index (χ0v) is 24.6. The molecule has 0 atom stereocenters. The van der Waals surface area contributed by atoms with Crippen molar-refractivity contribution >= 4 is 5.97 Å². The maximum absolute atomic E-state index is 12.3. The summed E-state index contributed by atoms with van der Waals surface area (Å²) in [5, 5.41) is 0. The van der Waals surface area contributed by atoms with Crippen LogP contribution in [-0.4, -0.2) is 37.9 Å². The molecule has 2 rings (SSSR count). The number of carbonyl (C=O) groups excluding carboxylic acids is 1. The number of aryl methyl sites for hydroxylation is 1. The van der Waals surface area contributed by atoms with Crippen LogP contribution in [-0.2, 0) is 22.5 Å². The molecule has 4 heteroatoms. The Labute approximate surface area is 233 Å². The molecule has 0 N–H and O–H groups in total. The summed E-state index contributed by atoms with van der Waals surface area (Å²) in [6.45, 7) is 4.14. The fourth-order valence-corrected chi connectivity index (χ4v) is 5.05. The molecular formula is C34H54NO3+. The van der Waals surface area contributed by atoms with Crippen LogP contribution in [0.25, 0.3) is 0 Å². The minimum absolute atomic E-state index is 0.0173. The van der Waals surface area contributed by atoms with E-state index >= 15 is 0 Å². The summed E-state index contributed by atoms with van der Waals surface area (Å²) in [4.78, 5) is 12.3. The molecule has 0 aromatic heterocycles. The normalized spacial score (nSPS) is 11.4. The van der Waals surface area contributed by atoms with Gasteiger partial charge in [0.15, 0.2) is 0 Å². The van der Waals surface area contributed by atoms with Crippen molar-refractivity contribution in [1.82, 2.24) is 0 Å². The van der Waals surface area contributed by atoms with Gasteiger partial charge in [-0.2, -0.15) is 0 Å². The number of nitrogens with zero attached hydrogens (tertiary/aromatic N) is 1. The average molecular weight is 525 g/mol. The number of carbonyl (C=O) groups is 1. The van der Waals surface area contributed by atoms with Gasteiger partial charge in [-0.1, -0.05) is 126 Å². The largest absolute Gasteiger partial charge is 0.457 e. The Morgan fingerprint density at radius 2 is 1.29 bits per heavy atom. The van der Waals surface area contributed by atoms with Crippen LogP contribution in [0.3, 0.4) is 0 Å². The van der Waals surface area contributed by atoms with Crippen molar-refractivity contribution in [2.45, 2.75) is 110 Å². The summed E-state index contributed by atoms with van der Waals surface area (Å²) < 4.78 is 12.1. The van der Waals surface area contributed by atoms with Crippen molar-refractivity contribution in [2.24, 2.45) is 0 Å². The van der Waals surface area contributed by atoms with Gasteiger partial charge in [-0.25, -0.2) is 0 Å². The van der Waals surface area contributed by atoms with Crippen LogP contribution < -0.4 is 4.74 Å². The molecule has 0 aliphatic carbocycles. The Balaban J connectivity index is 1.54. The van der Waals surface area contributed by atoms with Crippen LogP contribution >= 0.6 is 0 Å². The molecule has 0 unspecified atom stereocenters. The fraction of sp³-hybridized carbons (Fsp3) is 0.618. The molecule has 0 fully saturated rings. The van der Waals surface area contributed by atoms with E-state index in [4.69, 9.17) is 9.47 Å². The second kappa shape index (κ2) is 19.7. The lowest BCUT2D eigenvalue weighted by molar-refractivity contribution is -0.903. The van der Waals surface area contributed by atoms with E-state index in [-0.39, 0.29) is 12.8 Å². The van der Waals surface area contributed by atoms with Gasteiger partial charge in [0.1, 0.15) is 12.3 Å². The Kier molecular flexibility index (Phi) is 16.5. The number of hydrogen-bond donors (Lipinski definition) is 0. The highest BCUT2D eigenvalue weighted by molar-refractivity contribution is 5.69. The van der Waals surface area contributed by atoms with Gasteiger partial charge >= 0.3 is 5.97 Å². The van der Waals surface area contributed by atoms with Gasteiger partial charge in [0.2, 0.25) is 6.79 Å². The zero-order valence-electron chi connectivity index (χ0n) is 24.6. The summed E-state index contributed by atoms with van der Waals surface area (Å²) in [7, 11) is 4.41. The monoisotopic (exact) mass is 524 g/mol. The molecule has 0 spiro atoms. The number of quaternary nitrogens is 1. The molecule has 0 aliphatic rings. The lowest BCUT2D eigenvalue weighted by Gasteiger charge is -2.29. The van der Waals surface area contributed by atoms with E-state index in [1.165, 1.54) is 88.2 Å². The van der Waals surface area contributed by atoms with Crippen LogP contribution in [0, 0.1) is 0 Å². The molecular weight excluding hydrogens is 470 g/mol. The molecule has 0 radical (unpaired) electrons. The van der Waals surface area contributed by atoms with Crippen LogP contribution in [0.1, 0.15) is 108 Å². The number of benzene rings is 2. The van der Waals surface area contributed by atoms with Gasteiger partial charge in [0.25, 0.3) is 0 Å². The zero-order chi connectivity index (χ0) is 27.3. The number of unbranched alkanes of at least 4 members (excludes halogenated alkanes) is 11. The molecule has 2 aromatic rings. The molecule has 0 amide bonds. The lowest BCUT2D eigenvalue weighted by Crippen LogP contribution is -2.39. The topological polar surface area (TPSA) is 35.5 Å². The first kappa shape index (κ1) is 31.9. The molecule has 0 saturated heterocycles. The predicted molar refractivity (Wildman–Crippen MR) is 159 cm³/mol. The highest BCUT2D eigenvalue weighted by atomic mass is 16.7. The number of ether oxygens (including phenoxy) is 2. The van der Waals surface area contributed by atoms with Crippen molar-refractivity contribution in [3.05, 3.63) is 65.7 Å². The van der Waals surface area contributed by atoms with Crippen LogP contribution in [0.2, 0.25) is 0 Å². The molecule has 2 aromatic carbocycles. The third-order valence-electron chi connectivity index (χ3n) is 7.30. The Morgan fingerprint density at radius 3 is 1.95 bits per heavy atom. The summed E-state index contributed by atoms with van der Waals surface area (Å²) in [6.07, 6.45) is 18.5. The number of rotatable bonds is 22. The maximum Gasteiger partial charge on any atom is 0.308 e. The van der Waals surface area contributed by atoms with Gasteiger partial charge in [0, 0.05) is 12.0 Å². The first-order valence-corrected chi connectivity index (χ1v) is 15.2. The number of para-hydroxylation sites is 1. The third-order valence-corrected chi connectivity index (χ3v) is 7.30. The van der Waals surface area contributed by atoms with Crippen molar-refractivity contribution in [1.29, 1.82) is 0 Å². The summed E-state index contributed by atoms with van der Waals surface area (Å²) in [5.74, 6) is 0.646. The van der Waals surface area contributed by atoms with Crippen LogP contribution in [0.15, 0.2) is 54.6 Å². The van der Waals surface area contributed by atoms with E-state index in [2.05, 4.69) is 57.4 Å². The first-order valence-electron chi connectivity index (χ1n) is 15.2. The van der Waals surface area contributed by atoms with Gasteiger partial charge in [-0.05, 0) is 24.5 Å². The van der Waals surface area contributed by atoms with Crippen molar-refractivity contribution < 1.29 is 18.8 Å². The maximum atomic E-state index is 12.3. The van der Waals surface area contributed by atoms with E-state index < -0.39 is 0 Å². The molecule has 212 valence electrons. The summed E-state index contributed by atoms with van der Waals surface area (Å²) in [5.41, 5.74) is 2.52. The van der Waals surface area contributed by atoms with Crippen molar-refractivity contribution in [2.75, 3.05) is 27.4 Å². The third kappa shape index (κ3) is 15.2. The molecule has 38 heavy (non-hydrogen) atoms. The van der Waals surface area contributed by atoms with E-state index in [1.807, 2.05) is 18.2 Å². The van der Waals surface area contributed by atoms with Crippen LogP contribution in [0.4, 0.5) is 0 Å². The van der Waals surface area contributed by atoms with E-state index in [9.17, 15) is 4.79 Å². The van der Waals surface area contributed by atoms with Gasteiger partial charge in [-0.3, -0.25) is 4.79 Å². The quantitative estimate of drug-likeness (QED) is 0.0668. The molecule has 0 aliphatic heterocycles. The lowest BCUT2D eigenvalue weighted by atomic mass is 10.0. The van der Waals surface area contributed by atoms with Crippen molar-refractivity contribution in [3.8, 4) is 5.75 Å². The highest BCUT2D eigenvalue weighted by Crippen LogP contribution is 2.21. The van der Waals surface area contributed by atoms with Gasteiger partial charge in [-0.15, -0.1) is 0 Å². The fourth-order valence-electron chi connectivity index (χ4n) is 5.05. The predicted octanol–water partition coefficient (Wildman–Crippen LogP) is 8.87. The molecule has 4 nitrogen and oxygen atoms in total. The molecule has 0 heterocycles. The van der Waals surface area contributed by atoms with Gasteiger partial charge in [0.05, 0.1) is 27.1 Å². The minimum Gasteiger partial charge on any atom is -0.457 e. The smallest absolute Gasteiger partial charge is 0.308 e. The Hall–Kier alpha value is -2.33. The standard InChI is InChI=1S/C34H54NO3/c1-4-5-6-7-8-9-10-11-12-13-14-18-24-32-25-19-20-26-33(32)37-30-38-34(36)27-21-28-35(2,3)29-31-22-16-15-17-23-31/h15-17,19-20,22-23,25-26H,4-14,18,21,24,27-30H2,1-3H3/q+1. The van der Waals surface area contributed by atoms with Gasteiger partial charge < -0.3 is 14.0 Å². The molecule has 0 saturated carbocycles. The second-order valence-electron chi connectivity index (χ2n) is 11.4. The SMILES string of the molecule is CCCCCCCCCCCCCCc1ccccc1OCOC(=O)CCC[N+](C)(C)Cc1ccccc1. The molecule has 0 bridgehead atoms. The van der Waals surface area contributed by atoms with Crippen molar-refractivity contribution in [3.63, 3.8) is 0 Å². The van der Waals surface area contributed by atoms with E-state index in [0.717, 1.165) is 36.2 Å². The minimum atomic E-state index is -0.192. The van der Waals surface area contributed by atoms with E-state index in [0.29, 0.717) is 6.42 Å². The summed E-state index contributed by atoms with van der Waals surface area (Å²) in [6, 6.07) is 18.6. The second-order valence-corrected chi connectivity index (χ2v) is 11.4. The van der Waals surface area contributed by atoms with E-state index in [1.54, 1.807) is 0 Å². The Morgan fingerprint density at radius 1 is 0.711 bits per heavy atom. The first-order chi connectivity index (χ1) is 18.5. The average Bonchev–Trinajstić information content (AvgIpc) is 2.90. The van der Waals surface area contributed by atoms with Crippen LogP contribution in [0.5, 0.6) is 5.75 Å². The highest BCUT2D eigenvalue weighted by Gasteiger charge is 2.16. The number of hydrogen-bond acceptors (Lipinski definition) is 3.